The van der Waals surface area contributed by atoms with Crippen LogP contribution in [0.25, 0.3) is 0 Å². The van der Waals surface area contributed by atoms with E-state index in [2.05, 4.69) is 5.32 Å². The van der Waals surface area contributed by atoms with Gasteiger partial charge >= 0.3 is 5.97 Å². The minimum atomic E-state index is -1.22. The fourth-order valence-electron chi connectivity index (χ4n) is 1.84. The third-order valence-electron chi connectivity index (χ3n) is 2.68. The first-order chi connectivity index (χ1) is 6.98. The van der Waals surface area contributed by atoms with Gasteiger partial charge in [-0.2, -0.15) is 0 Å². The van der Waals surface area contributed by atoms with Gasteiger partial charge < -0.3 is 10.4 Å². The number of carboxylic acids is 1. The number of rotatable bonds is 3. The van der Waals surface area contributed by atoms with Crippen LogP contribution in [0, 0.1) is 0 Å². The van der Waals surface area contributed by atoms with Crippen LogP contribution in [0.3, 0.4) is 0 Å². The molecule has 0 unspecified atom stereocenters. The van der Waals surface area contributed by atoms with Gasteiger partial charge in [-0.15, -0.1) is 0 Å². The van der Waals surface area contributed by atoms with Gasteiger partial charge in [0.2, 0.25) is 0 Å². The SMILES string of the molecule is O=C(NC1(C(=O)O)CCCCC1)C(Cl)Cl. The third kappa shape index (κ3) is 2.98. The number of nitrogens with one attached hydrogen (secondary N) is 1. The van der Waals surface area contributed by atoms with Crippen molar-refractivity contribution < 1.29 is 14.7 Å². The van der Waals surface area contributed by atoms with Gasteiger partial charge in [-0.1, -0.05) is 42.5 Å². The monoisotopic (exact) mass is 253 g/mol. The Bertz CT molecular complexity index is 262. The smallest absolute Gasteiger partial charge is 0.329 e. The molecule has 1 amide bonds. The topological polar surface area (TPSA) is 66.4 Å². The highest BCUT2D eigenvalue weighted by molar-refractivity contribution is 6.53. The van der Waals surface area contributed by atoms with Crippen LogP contribution in [-0.2, 0) is 9.59 Å². The van der Waals surface area contributed by atoms with E-state index >= 15 is 0 Å². The van der Waals surface area contributed by atoms with E-state index in [0.29, 0.717) is 12.8 Å². The van der Waals surface area contributed by atoms with E-state index in [9.17, 15) is 9.59 Å². The van der Waals surface area contributed by atoms with Gasteiger partial charge in [0.1, 0.15) is 5.54 Å². The maximum absolute atomic E-state index is 11.3. The molecule has 0 bridgehead atoms. The van der Waals surface area contributed by atoms with Crippen LogP contribution >= 0.6 is 23.2 Å². The molecular formula is C9H13Cl2NO3. The van der Waals surface area contributed by atoms with Gasteiger partial charge in [0.05, 0.1) is 0 Å². The lowest BCUT2D eigenvalue weighted by atomic mass is 9.81. The lowest BCUT2D eigenvalue weighted by molar-refractivity contribution is -0.149. The molecule has 2 N–H and O–H groups in total. The van der Waals surface area contributed by atoms with Gasteiger partial charge in [0, 0.05) is 0 Å². The van der Waals surface area contributed by atoms with Crippen molar-refractivity contribution in [1.82, 2.24) is 5.32 Å². The van der Waals surface area contributed by atoms with E-state index in [1.165, 1.54) is 0 Å². The van der Waals surface area contributed by atoms with Crippen molar-refractivity contribution in [2.75, 3.05) is 0 Å². The molecule has 1 rings (SSSR count). The highest BCUT2D eigenvalue weighted by atomic mass is 35.5. The molecule has 0 aromatic carbocycles. The molecule has 15 heavy (non-hydrogen) atoms. The van der Waals surface area contributed by atoms with E-state index < -0.39 is 22.3 Å². The van der Waals surface area contributed by atoms with E-state index in [1.54, 1.807) is 0 Å². The number of amides is 1. The minimum absolute atomic E-state index is 0.439. The Morgan fingerprint density at radius 1 is 1.20 bits per heavy atom. The second-order valence-electron chi connectivity index (χ2n) is 3.74. The van der Waals surface area contributed by atoms with E-state index in [1.807, 2.05) is 0 Å². The van der Waals surface area contributed by atoms with E-state index in [4.69, 9.17) is 28.3 Å². The lowest BCUT2D eigenvalue weighted by Crippen LogP contribution is -2.56. The molecule has 0 saturated heterocycles. The first-order valence-corrected chi connectivity index (χ1v) is 5.69. The molecule has 0 aliphatic heterocycles. The van der Waals surface area contributed by atoms with Crippen LogP contribution in [-0.4, -0.2) is 27.4 Å². The molecule has 1 fully saturated rings. The maximum Gasteiger partial charge on any atom is 0.329 e. The summed E-state index contributed by atoms with van der Waals surface area (Å²) in [6.07, 6.45) is 3.46. The van der Waals surface area contributed by atoms with Crippen molar-refractivity contribution in [3.63, 3.8) is 0 Å². The highest BCUT2D eigenvalue weighted by Crippen LogP contribution is 2.28. The Hall–Kier alpha value is -0.480. The van der Waals surface area contributed by atoms with Gasteiger partial charge in [0.15, 0.2) is 4.84 Å². The predicted octanol–water partition coefficient (Wildman–Crippen LogP) is 1.69. The second kappa shape index (κ2) is 5.03. The number of hydrogen-bond acceptors (Lipinski definition) is 2. The normalized spacial score (nSPS) is 19.9. The van der Waals surface area contributed by atoms with Gasteiger partial charge in [-0.3, -0.25) is 4.79 Å². The molecule has 1 aliphatic carbocycles. The van der Waals surface area contributed by atoms with E-state index in [0.717, 1.165) is 19.3 Å². The summed E-state index contributed by atoms with van der Waals surface area (Å²) in [7, 11) is 0. The molecule has 1 saturated carbocycles. The number of carbonyl (C=O) groups excluding carboxylic acids is 1. The molecule has 0 spiro atoms. The molecule has 0 aromatic heterocycles. The zero-order valence-corrected chi connectivity index (χ0v) is 9.64. The molecule has 1 aliphatic rings. The van der Waals surface area contributed by atoms with Crippen molar-refractivity contribution in [1.29, 1.82) is 0 Å². The molecule has 0 heterocycles. The Balaban J connectivity index is 2.73. The number of halogens is 2. The van der Waals surface area contributed by atoms with Crippen LogP contribution in [0.2, 0.25) is 0 Å². The van der Waals surface area contributed by atoms with Crippen LogP contribution in [0.15, 0.2) is 0 Å². The molecule has 0 aromatic rings. The second-order valence-corrected chi connectivity index (χ2v) is 4.83. The summed E-state index contributed by atoms with van der Waals surface area (Å²) < 4.78 is 0. The number of carbonyl (C=O) groups is 2. The Kier molecular flexibility index (Phi) is 4.22. The Morgan fingerprint density at radius 2 is 1.73 bits per heavy atom. The minimum Gasteiger partial charge on any atom is -0.480 e. The van der Waals surface area contributed by atoms with Gasteiger partial charge in [-0.05, 0) is 12.8 Å². The summed E-state index contributed by atoms with van der Waals surface area (Å²) in [4.78, 5) is 21.2. The summed E-state index contributed by atoms with van der Waals surface area (Å²) in [6.45, 7) is 0. The van der Waals surface area contributed by atoms with Gasteiger partial charge in [0.25, 0.3) is 5.91 Å². The summed E-state index contributed by atoms with van der Waals surface area (Å²) in [6, 6.07) is 0. The average molecular weight is 254 g/mol. The van der Waals surface area contributed by atoms with Gasteiger partial charge in [-0.25, -0.2) is 4.79 Å². The predicted molar refractivity (Wildman–Crippen MR) is 57.1 cm³/mol. The summed E-state index contributed by atoms with van der Waals surface area (Å²) in [5.41, 5.74) is -1.17. The fraction of sp³-hybridized carbons (Fsp3) is 0.778. The van der Waals surface area contributed by atoms with Crippen LogP contribution in [0.4, 0.5) is 0 Å². The largest absolute Gasteiger partial charge is 0.480 e. The molecule has 0 atom stereocenters. The molecule has 86 valence electrons. The Morgan fingerprint density at radius 3 is 2.13 bits per heavy atom. The fourth-order valence-corrected chi connectivity index (χ4v) is 1.95. The number of alkyl halides is 2. The lowest BCUT2D eigenvalue weighted by Gasteiger charge is -2.34. The van der Waals surface area contributed by atoms with Crippen molar-refractivity contribution in [2.45, 2.75) is 42.5 Å². The first kappa shape index (κ1) is 12.6. The van der Waals surface area contributed by atoms with Crippen molar-refractivity contribution >= 4 is 35.1 Å². The zero-order valence-electron chi connectivity index (χ0n) is 8.13. The molecule has 4 nitrogen and oxygen atoms in total. The van der Waals surface area contributed by atoms with Crippen LogP contribution < -0.4 is 5.32 Å². The summed E-state index contributed by atoms with van der Waals surface area (Å²) in [5, 5.41) is 11.5. The molecule has 0 radical (unpaired) electrons. The van der Waals surface area contributed by atoms with Crippen LogP contribution in [0.1, 0.15) is 32.1 Å². The molecule has 6 heteroatoms. The van der Waals surface area contributed by atoms with Crippen molar-refractivity contribution in [2.24, 2.45) is 0 Å². The molecular weight excluding hydrogens is 241 g/mol. The number of carboxylic acid groups (broad SMARTS) is 1. The highest BCUT2D eigenvalue weighted by Gasteiger charge is 2.41. The summed E-state index contributed by atoms with van der Waals surface area (Å²) in [5.74, 6) is -1.65. The zero-order chi connectivity index (χ0) is 11.5. The quantitative estimate of drug-likeness (QED) is 0.753. The van der Waals surface area contributed by atoms with Crippen molar-refractivity contribution in [3.8, 4) is 0 Å². The number of aliphatic carboxylic acids is 1. The maximum atomic E-state index is 11.3. The van der Waals surface area contributed by atoms with Crippen molar-refractivity contribution in [3.05, 3.63) is 0 Å². The standard InChI is InChI=1S/C9H13Cl2NO3/c10-6(11)7(13)12-9(8(14)15)4-2-1-3-5-9/h6H,1-5H2,(H,12,13)(H,14,15). The average Bonchev–Trinajstić information content (AvgIpc) is 2.18. The Labute approximate surface area is 97.9 Å². The third-order valence-corrected chi connectivity index (χ3v) is 3.07. The van der Waals surface area contributed by atoms with E-state index in [-0.39, 0.29) is 0 Å². The van der Waals surface area contributed by atoms with Crippen LogP contribution in [0.5, 0.6) is 0 Å². The summed E-state index contributed by atoms with van der Waals surface area (Å²) >= 11 is 10.7. The number of hydrogen-bond donors (Lipinski definition) is 2. The first-order valence-electron chi connectivity index (χ1n) is 4.81.